The van der Waals surface area contributed by atoms with E-state index < -0.39 is 11.5 Å². The second-order valence-electron chi connectivity index (χ2n) is 5.78. The Morgan fingerprint density at radius 2 is 1.91 bits per heavy atom. The number of likely N-dealkylation sites (N-methyl/N-ethyl adjacent to an activating group) is 1. The standard InChI is InChI=1S/C17H26N2O3/c1-5-11-17(2,16(21)22-4)18-15(20)13-19(3)12-14-9-7-6-8-10-14/h6-10H,5,11-13H2,1-4H3,(H,18,20). The van der Waals surface area contributed by atoms with Gasteiger partial charge in [-0.2, -0.15) is 0 Å². The van der Waals surface area contributed by atoms with Crippen LogP contribution in [0.2, 0.25) is 0 Å². The normalized spacial score (nSPS) is 13.5. The van der Waals surface area contributed by atoms with Crippen LogP contribution in [0.1, 0.15) is 32.3 Å². The van der Waals surface area contributed by atoms with Gasteiger partial charge in [0.1, 0.15) is 5.54 Å². The largest absolute Gasteiger partial charge is 0.467 e. The number of nitrogens with one attached hydrogen (secondary N) is 1. The number of ether oxygens (including phenoxy) is 1. The SMILES string of the molecule is CCCC(C)(NC(=O)CN(C)Cc1ccccc1)C(=O)OC. The highest BCUT2D eigenvalue weighted by Gasteiger charge is 2.35. The van der Waals surface area contributed by atoms with Crippen LogP contribution in [-0.4, -0.2) is 43.0 Å². The molecule has 1 amide bonds. The monoisotopic (exact) mass is 306 g/mol. The lowest BCUT2D eigenvalue weighted by Gasteiger charge is -2.28. The minimum atomic E-state index is -0.964. The molecule has 22 heavy (non-hydrogen) atoms. The first-order valence-corrected chi connectivity index (χ1v) is 7.53. The Morgan fingerprint density at radius 1 is 1.27 bits per heavy atom. The van der Waals surface area contributed by atoms with Gasteiger partial charge in [0.2, 0.25) is 5.91 Å². The van der Waals surface area contributed by atoms with Gasteiger partial charge in [-0.3, -0.25) is 9.69 Å². The van der Waals surface area contributed by atoms with E-state index >= 15 is 0 Å². The smallest absolute Gasteiger partial charge is 0.331 e. The average Bonchev–Trinajstić information content (AvgIpc) is 2.47. The van der Waals surface area contributed by atoms with Gasteiger partial charge in [-0.05, 0) is 26.0 Å². The predicted molar refractivity (Wildman–Crippen MR) is 86.2 cm³/mol. The zero-order valence-electron chi connectivity index (χ0n) is 13.9. The van der Waals surface area contributed by atoms with Gasteiger partial charge in [0.15, 0.2) is 0 Å². The van der Waals surface area contributed by atoms with E-state index in [2.05, 4.69) is 5.32 Å². The van der Waals surface area contributed by atoms with Crippen LogP contribution in [0.4, 0.5) is 0 Å². The Hall–Kier alpha value is -1.88. The van der Waals surface area contributed by atoms with Gasteiger partial charge in [-0.1, -0.05) is 43.7 Å². The summed E-state index contributed by atoms with van der Waals surface area (Å²) in [7, 11) is 3.21. The molecule has 0 radical (unpaired) electrons. The van der Waals surface area contributed by atoms with Crippen molar-refractivity contribution < 1.29 is 14.3 Å². The molecule has 1 N–H and O–H groups in total. The molecule has 0 aromatic heterocycles. The zero-order valence-corrected chi connectivity index (χ0v) is 13.9. The quantitative estimate of drug-likeness (QED) is 0.746. The van der Waals surface area contributed by atoms with E-state index in [1.54, 1.807) is 6.92 Å². The number of hydrogen-bond acceptors (Lipinski definition) is 4. The molecule has 1 aromatic carbocycles. The number of methoxy groups -OCH3 is 1. The summed E-state index contributed by atoms with van der Waals surface area (Å²) in [6.07, 6.45) is 1.33. The molecule has 1 aromatic rings. The van der Waals surface area contributed by atoms with E-state index in [0.717, 1.165) is 12.0 Å². The third kappa shape index (κ3) is 5.48. The molecule has 0 spiro atoms. The number of carbonyl (C=O) groups excluding carboxylic acids is 2. The molecule has 1 atom stereocenters. The van der Waals surface area contributed by atoms with Crippen LogP contribution >= 0.6 is 0 Å². The van der Waals surface area contributed by atoms with Crippen LogP contribution < -0.4 is 5.32 Å². The van der Waals surface area contributed by atoms with E-state index in [1.807, 2.05) is 49.2 Å². The van der Waals surface area contributed by atoms with Crippen LogP contribution in [-0.2, 0) is 20.9 Å². The highest BCUT2D eigenvalue weighted by Crippen LogP contribution is 2.14. The molecule has 0 saturated carbocycles. The first-order chi connectivity index (χ1) is 10.4. The van der Waals surface area contributed by atoms with Gasteiger partial charge in [0.25, 0.3) is 0 Å². The van der Waals surface area contributed by atoms with Crippen molar-refractivity contribution in [2.24, 2.45) is 0 Å². The molecule has 5 heteroatoms. The van der Waals surface area contributed by atoms with E-state index in [4.69, 9.17) is 4.74 Å². The summed E-state index contributed by atoms with van der Waals surface area (Å²) >= 11 is 0. The number of esters is 1. The van der Waals surface area contributed by atoms with Gasteiger partial charge in [0.05, 0.1) is 13.7 Å². The topological polar surface area (TPSA) is 58.6 Å². The van der Waals surface area contributed by atoms with Crippen molar-refractivity contribution in [2.75, 3.05) is 20.7 Å². The fraction of sp³-hybridized carbons (Fsp3) is 0.529. The molecule has 122 valence electrons. The molecule has 0 aliphatic heterocycles. The van der Waals surface area contributed by atoms with Crippen LogP contribution in [0, 0.1) is 0 Å². The van der Waals surface area contributed by atoms with E-state index in [1.165, 1.54) is 7.11 Å². The number of benzene rings is 1. The summed E-state index contributed by atoms with van der Waals surface area (Å²) in [5.41, 5.74) is 0.177. The Bertz CT molecular complexity index is 490. The maximum atomic E-state index is 12.2. The maximum absolute atomic E-state index is 12.2. The summed E-state index contributed by atoms with van der Waals surface area (Å²) in [5, 5.41) is 2.81. The van der Waals surface area contributed by atoms with Crippen molar-refractivity contribution in [3.63, 3.8) is 0 Å². The first-order valence-electron chi connectivity index (χ1n) is 7.53. The van der Waals surface area contributed by atoms with Gasteiger partial charge in [0, 0.05) is 6.54 Å². The number of nitrogens with zero attached hydrogens (tertiary/aromatic N) is 1. The van der Waals surface area contributed by atoms with Crippen molar-refractivity contribution in [1.29, 1.82) is 0 Å². The molecule has 0 aliphatic rings. The number of carbonyl (C=O) groups is 2. The second kappa shape index (κ2) is 8.54. The second-order valence-corrected chi connectivity index (χ2v) is 5.78. The van der Waals surface area contributed by atoms with Crippen molar-refractivity contribution in [1.82, 2.24) is 10.2 Å². The molecule has 0 bridgehead atoms. The summed E-state index contributed by atoms with van der Waals surface area (Å²) in [6.45, 7) is 4.58. The van der Waals surface area contributed by atoms with Gasteiger partial charge < -0.3 is 10.1 Å². The highest BCUT2D eigenvalue weighted by atomic mass is 16.5. The van der Waals surface area contributed by atoms with Crippen molar-refractivity contribution >= 4 is 11.9 Å². The third-order valence-corrected chi connectivity index (χ3v) is 3.51. The lowest BCUT2D eigenvalue weighted by molar-refractivity contribution is -0.150. The molecular weight excluding hydrogens is 280 g/mol. The van der Waals surface area contributed by atoms with E-state index in [0.29, 0.717) is 13.0 Å². The van der Waals surface area contributed by atoms with Crippen LogP contribution in [0.15, 0.2) is 30.3 Å². The molecule has 1 unspecified atom stereocenters. The van der Waals surface area contributed by atoms with Gasteiger partial charge >= 0.3 is 5.97 Å². The minimum absolute atomic E-state index is 0.181. The number of rotatable bonds is 8. The van der Waals surface area contributed by atoms with Crippen molar-refractivity contribution in [3.8, 4) is 0 Å². The van der Waals surface area contributed by atoms with Gasteiger partial charge in [-0.25, -0.2) is 4.79 Å². The number of hydrogen-bond donors (Lipinski definition) is 1. The average molecular weight is 306 g/mol. The predicted octanol–water partition coefficient (Wildman–Crippen LogP) is 1.97. The first kappa shape index (κ1) is 18.2. The molecular formula is C17H26N2O3. The third-order valence-electron chi connectivity index (χ3n) is 3.51. The molecule has 0 saturated heterocycles. The lowest BCUT2D eigenvalue weighted by Crippen LogP contribution is -2.54. The minimum Gasteiger partial charge on any atom is -0.467 e. The summed E-state index contributed by atoms with van der Waals surface area (Å²) < 4.78 is 4.80. The summed E-state index contributed by atoms with van der Waals surface area (Å²) in [4.78, 5) is 26.0. The van der Waals surface area contributed by atoms with Crippen molar-refractivity contribution in [2.45, 2.75) is 38.8 Å². The zero-order chi connectivity index (χ0) is 16.6. The lowest BCUT2D eigenvalue weighted by atomic mass is 9.96. The Labute approximate surface area is 132 Å². The Kier molecular flexibility index (Phi) is 7.05. The Balaban J connectivity index is 2.58. The molecule has 1 rings (SSSR count). The van der Waals surface area contributed by atoms with Crippen LogP contribution in [0.25, 0.3) is 0 Å². The highest BCUT2D eigenvalue weighted by molar-refractivity contribution is 5.88. The molecule has 0 heterocycles. The number of amides is 1. The summed E-state index contributed by atoms with van der Waals surface area (Å²) in [6, 6.07) is 9.94. The van der Waals surface area contributed by atoms with Gasteiger partial charge in [-0.15, -0.1) is 0 Å². The molecule has 0 fully saturated rings. The fourth-order valence-corrected chi connectivity index (χ4v) is 2.48. The summed E-state index contributed by atoms with van der Waals surface area (Å²) in [5.74, 6) is -0.590. The molecule has 5 nitrogen and oxygen atoms in total. The molecule has 0 aliphatic carbocycles. The van der Waals surface area contributed by atoms with Crippen LogP contribution in [0.5, 0.6) is 0 Å². The van der Waals surface area contributed by atoms with Crippen LogP contribution in [0.3, 0.4) is 0 Å². The maximum Gasteiger partial charge on any atom is 0.331 e. The van der Waals surface area contributed by atoms with E-state index in [9.17, 15) is 9.59 Å². The van der Waals surface area contributed by atoms with Crippen molar-refractivity contribution in [3.05, 3.63) is 35.9 Å². The Morgan fingerprint density at radius 3 is 2.45 bits per heavy atom. The fourth-order valence-electron chi connectivity index (χ4n) is 2.48. The van der Waals surface area contributed by atoms with E-state index in [-0.39, 0.29) is 12.5 Å².